The summed E-state index contributed by atoms with van der Waals surface area (Å²) >= 11 is 19.9. The Morgan fingerprint density at radius 2 is 1.89 bits per heavy atom. The van der Waals surface area contributed by atoms with Crippen molar-refractivity contribution in [1.29, 1.82) is 0 Å². The van der Waals surface area contributed by atoms with Crippen molar-refractivity contribution in [2.24, 2.45) is 0 Å². The SMILES string of the molecule is O=C(c1ccc(Cl)cc1Cl)N(Cc1cccnc1)c1nc2c(Cl)cccc2s1. The summed E-state index contributed by atoms with van der Waals surface area (Å²) in [6.07, 6.45) is 3.40. The van der Waals surface area contributed by atoms with Crippen LogP contribution in [0.2, 0.25) is 15.1 Å². The number of halogens is 3. The standard InChI is InChI=1S/C20H12Cl3N3OS/c21-13-6-7-14(16(23)9-13)19(27)26(11-12-3-2-8-24-10-12)20-25-18-15(22)4-1-5-17(18)28-20/h1-10H,11H2. The number of hydrogen-bond donors (Lipinski definition) is 0. The summed E-state index contributed by atoms with van der Waals surface area (Å²) < 4.78 is 0.897. The molecular weight excluding hydrogens is 437 g/mol. The predicted octanol–water partition coefficient (Wildman–Crippen LogP) is 6.50. The van der Waals surface area contributed by atoms with Gasteiger partial charge < -0.3 is 0 Å². The molecule has 0 atom stereocenters. The van der Waals surface area contributed by atoms with Gasteiger partial charge in [0.05, 0.1) is 26.9 Å². The molecule has 0 aliphatic rings. The first-order chi connectivity index (χ1) is 13.5. The third-order valence-corrected chi connectivity index (χ3v) is 5.96. The largest absolute Gasteiger partial charge is 0.279 e. The Morgan fingerprint density at radius 3 is 2.61 bits per heavy atom. The minimum Gasteiger partial charge on any atom is -0.279 e. The number of benzene rings is 2. The lowest BCUT2D eigenvalue weighted by Gasteiger charge is -2.20. The lowest BCUT2D eigenvalue weighted by Crippen LogP contribution is -2.30. The number of para-hydroxylation sites is 1. The van der Waals surface area contributed by atoms with Gasteiger partial charge in [0.2, 0.25) is 0 Å². The van der Waals surface area contributed by atoms with E-state index < -0.39 is 0 Å². The molecule has 0 aliphatic heterocycles. The molecule has 0 bridgehead atoms. The van der Waals surface area contributed by atoms with Crippen LogP contribution in [0.1, 0.15) is 15.9 Å². The molecule has 0 radical (unpaired) electrons. The van der Waals surface area contributed by atoms with Gasteiger partial charge >= 0.3 is 0 Å². The predicted molar refractivity (Wildman–Crippen MR) is 116 cm³/mol. The average molecular weight is 449 g/mol. The number of anilines is 1. The Kier molecular flexibility index (Phi) is 5.51. The van der Waals surface area contributed by atoms with Crippen LogP contribution in [0.4, 0.5) is 5.13 Å². The van der Waals surface area contributed by atoms with Gasteiger partial charge in [0, 0.05) is 17.4 Å². The third-order valence-electron chi connectivity index (χ3n) is 4.06. The fraction of sp³-hybridized carbons (Fsp3) is 0.0500. The number of nitrogens with zero attached hydrogens (tertiary/aromatic N) is 3. The first-order valence-electron chi connectivity index (χ1n) is 8.24. The highest BCUT2D eigenvalue weighted by atomic mass is 35.5. The number of amides is 1. The second-order valence-electron chi connectivity index (χ2n) is 5.96. The normalized spacial score (nSPS) is 11.0. The van der Waals surface area contributed by atoms with Crippen molar-refractivity contribution in [3.63, 3.8) is 0 Å². The summed E-state index contributed by atoms with van der Waals surface area (Å²) in [4.78, 5) is 23.7. The topological polar surface area (TPSA) is 46.1 Å². The summed E-state index contributed by atoms with van der Waals surface area (Å²) in [5, 5.41) is 1.82. The van der Waals surface area contributed by atoms with Crippen LogP contribution >= 0.6 is 46.1 Å². The van der Waals surface area contributed by atoms with Crippen LogP contribution in [0.3, 0.4) is 0 Å². The van der Waals surface area contributed by atoms with Gasteiger partial charge in [-0.25, -0.2) is 4.98 Å². The molecule has 1 amide bonds. The second kappa shape index (κ2) is 8.05. The van der Waals surface area contributed by atoms with E-state index in [4.69, 9.17) is 34.8 Å². The molecule has 0 saturated heterocycles. The van der Waals surface area contributed by atoms with Crippen LogP contribution < -0.4 is 4.90 Å². The fourth-order valence-corrected chi connectivity index (χ4v) is 4.48. The highest BCUT2D eigenvalue weighted by Crippen LogP contribution is 2.35. The summed E-state index contributed by atoms with van der Waals surface area (Å²) in [6, 6.07) is 14.1. The number of thiazole rings is 1. The van der Waals surface area contributed by atoms with Crippen molar-refractivity contribution in [2.75, 3.05) is 4.90 Å². The van der Waals surface area contributed by atoms with E-state index in [0.29, 0.717) is 32.8 Å². The van der Waals surface area contributed by atoms with Crippen molar-refractivity contribution >= 4 is 67.4 Å². The Morgan fingerprint density at radius 1 is 1.04 bits per heavy atom. The van der Waals surface area contributed by atoms with Crippen LogP contribution in [0, 0.1) is 0 Å². The molecule has 0 unspecified atom stereocenters. The van der Waals surface area contributed by atoms with Gasteiger partial charge in [-0.3, -0.25) is 14.7 Å². The number of rotatable bonds is 4. The zero-order chi connectivity index (χ0) is 19.7. The van der Waals surface area contributed by atoms with Crippen molar-refractivity contribution in [3.8, 4) is 0 Å². The molecule has 8 heteroatoms. The lowest BCUT2D eigenvalue weighted by atomic mass is 10.2. The molecule has 0 saturated carbocycles. The quantitative estimate of drug-likeness (QED) is 0.358. The van der Waals surface area contributed by atoms with E-state index >= 15 is 0 Å². The summed E-state index contributed by atoms with van der Waals surface area (Å²) in [7, 11) is 0. The molecule has 0 spiro atoms. The number of carbonyl (C=O) groups excluding carboxylic acids is 1. The lowest BCUT2D eigenvalue weighted by molar-refractivity contribution is 0.0985. The molecule has 2 aromatic carbocycles. The van der Waals surface area contributed by atoms with Crippen LogP contribution in [-0.2, 0) is 6.54 Å². The van der Waals surface area contributed by atoms with E-state index in [1.807, 2.05) is 24.3 Å². The minimum atomic E-state index is -0.277. The van der Waals surface area contributed by atoms with Crippen molar-refractivity contribution in [1.82, 2.24) is 9.97 Å². The van der Waals surface area contributed by atoms with Gasteiger partial charge in [-0.2, -0.15) is 0 Å². The van der Waals surface area contributed by atoms with E-state index in [2.05, 4.69) is 9.97 Å². The molecule has 2 heterocycles. The van der Waals surface area contributed by atoms with Crippen LogP contribution in [0.25, 0.3) is 10.2 Å². The summed E-state index contributed by atoms with van der Waals surface area (Å²) in [5.74, 6) is -0.277. The van der Waals surface area contributed by atoms with Crippen LogP contribution in [0.5, 0.6) is 0 Å². The molecule has 4 nitrogen and oxygen atoms in total. The molecule has 2 aromatic heterocycles. The van der Waals surface area contributed by atoms with Gasteiger partial charge in [0.15, 0.2) is 5.13 Å². The van der Waals surface area contributed by atoms with Gasteiger partial charge in [0.25, 0.3) is 5.91 Å². The maximum Gasteiger partial charge on any atom is 0.261 e. The van der Waals surface area contributed by atoms with E-state index in [1.54, 1.807) is 41.6 Å². The summed E-state index contributed by atoms with van der Waals surface area (Å²) in [5.41, 5.74) is 1.88. The average Bonchev–Trinajstić information content (AvgIpc) is 3.12. The van der Waals surface area contributed by atoms with E-state index in [-0.39, 0.29) is 10.9 Å². The second-order valence-corrected chi connectivity index (χ2v) is 8.22. The number of fused-ring (bicyclic) bond motifs is 1. The first kappa shape index (κ1) is 19.2. The molecule has 0 fully saturated rings. The van der Waals surface area contributed by atoms with Crippen LogP contribution in [0.15, 0.2) is 60.9 Å². The van der Waals surface area contributed by atoms with Crippen LogP contribution in [-0.4, -0.2) is 15.9 Å². The monoisotopic (exact) mass is 447 g/mol. The van der Waals surface area contributed by atoms with Gasteiger partial charge in [-0.15, -0.1) is 0 Å². The zero-order valence-electron chi connectivity index (χ0n) is 14.3. The minimum absolute atomic E-state index is 0.277. The molecule has 28 heavy (non-hydrogen) atoms. The highest BCUT2D eigenvalue weighted by Gasteiger charge is 2.24. The smallest absolute Gasteiger partial charge is 0.261 e. The molecule has 4 rings (SSSR count). The van der Waals surface area contributed by atoms with E-state index in [1.165, 1.54) is 11.3 Å². The Labute approximate surface area is 180 Å². The van der Waals surface area contributed by atoms with Crippen molar-refractivity contribution in [2.45, 2.75) is 6.54 Å². The fourth-order valence-electron chi connectivity index (χ4n) is 2.73. The number of hydrogen-bond acceptors (Lipinski definition) is 4. The Hall–Kier alpha value is -2.18. The molecular formula is C20H12Cl3N3OS. The van der Waals surface area contributed by atoms with E-state index in [0.717, 1.165) is 10.3 Å². The first-order valence-corrected chi connectivity index (χ1v) is 10.2. The third kappa shape index (κ3) is 3.84. The molecule has 0 aliphatic carbocycles. The Bertz CT molecular complexity index is 1160. The van der Waals surface area contributed by atoms with Crippen molar-refractivity contribution < 1.29 is 4.79 Å². The molecule has 140 valence electrons. The molecule has 4 aromatic rings. The van der Waals surface area contributed by atoms with Gasteiger partial charge in [-0.1, -0.05) is 58.3 Å². The maximum atomic E-state index is 13.4. The maximum absolute atomic E-state index is 13.4. The van der Waals surface area contributed by atoms with Gasteiger partial charge in [0.1, 0.15) is 5.52 Å². The zero-order valence-corrected chi connectivity index (χ0v) is 17.4. The van der Waals surface area contributed by atoms with Crippen molar-refractivity contribution in [3.05, 3.63) is 87.1 Å². The number of carbonyl (C=O) groups is 1. The highest BCUT2D eigenvalue weighted by molar-refractivity contribution is 7.22. The number of pyridine rings is 1. The van der Waals surface area contributed by atoms with Gasteiger partial charge in [-0.05, 0) is 42.0 Å². The molecule has 0 N–H and O–H groups in total. The Balaban J connectivity index is 1.80. The van der Waals surface area contributed by atoms with E-state index in [9.17, 15) is 4.79 Å². The summed E-state index contributed by atoms with van der Waals surface area (Å²) in [6.45, 7) is 0.295. The number of aromatic nitrogens is 2.